The van der Waals surface area contributed by atoms with Gasteiger partial charge in [-0.2, -0.15) is 0 Å². The number of amides is 2. The number of nitrogens with one attached hydrogen (secondary N) is 1. The number of piperidine rings is 1. The number of alkyl carbamates (subject to hydrolysis) is 1. The van der Waals surface area contributed by atoms with Crippen molar-refractivity contribution in [3.8, 4) is 0 Å². The summed E-state index contributed by atoms with van der Waals surface area (Å²) in [6, 6.07) is -0.579. The maximum atomic E-state index is 12.5. The third kappa shape index (κ3) is 8.44. The Morgan fingerprint density at radius 1 is 1.43 bits per heavy atom. The van der Waals surface area contributed by atoms with Crippen molar-refractivity contribution in [2.75, 3.05) is 19.7 Å². The Labute approximate surface area is 155 Å². The molecule has 0 aromatic heterocycles. The largest absolute Gasteiger partial charge is 0.444 e. The third-order valence-corrected chi connectivity index (χ3v) is 4.61. The second-order valence-corrected chi connectivity index (χ2v) is 8.27. The number of hydrogen-bond acceptors (Lipinski definition) is 5. The van der Waals surface area contributed by atoms with Crippen LogP contribution in [0.15, 0.2) is 0 Å². The molecule has 0 aromatic rings. The summed E-state index contributed by atoms with van der Waals surface area (Å²) in [5.41, 5.74) is -0.570. The van der Waals surface area contributed by atoms with Crippen LogP contribution in [-0.4, -0.2) is 48.2 Å². The van der Waals surface area contributed by atoms with Crippen LogP contribution in [0.25, 0.3) is 0 Å². The average Bonchev–Trinajstić information content (AvgIpc) is 2.45. The van der Waals surface area contributed by atoms with Gasteiger partial charge in [-0.1, -0.05) is 0 Å². The van der Waals surface area contributed by atoms with Gasteiger partial charge in [0.1, 0.15) is 11.6 Å². The molecule has 1 fully saturated rings. The molecule has 1 heterocycles. The predicted octanol–water partition coefficient (Wildman–Crippen LogP) is 3.54. The minimum atomic E-state index is -0.579. The Morgan fingerprint density at radius 3 is 2.74 bits per heavy atom. The van der Waals surface area contributed by atoms with E-state index in [1.165, 1.54) is 9.21 Å². The Hall–Kier alpha value is -0.220. The number of ether oxygens (including phenoxy) is 1. The van der Waals surface area contributed by atoms with Crippen molar-refractivity contribution < 1.29 is 18.5 Å². The van der Waals surface area contributed by atoms with Gasteiger partial charge < -0.3 is 19.1 Å². The number of carbonyl (C=O) groups excluding carboxylic acids is 2. The molecular formula is C15H27IN2O4S. The van der Waals surface area contributed by atoms with Crippen molar-refractivity contribution in [1.82, 2.24) is 10.2 Å². The van der Waals surface area contributed by atoms with E-state index in [1.54, 1.807) is 27.7 Å². The molecule has 1 rings (SSSR count). The molecule has 1 aliphatic heterocycles. The quantitative estimate of drug-likeness (QED) is 0.375. The van der Waals surface area contributed by atoms with Gasteiger partial charge in [0, 0.05) is 34.3 Å². The molecule has 1 N–H and O–H groups in total. The highest BCUT2D eigenvalue weighted by Crippen LogP contribution is 2.22. The number of hydrogen-bond donors (Lipinski definition) is 1. The van der Waals surface area contributed by atoms with E-state index >= 15 is 0 Å². The molecule has 6 nitrogen and oxygen atoms in total. The molecule has 0 radical (unpaired) electrons. The number of likely N-dealkylation sites (tertiary alicyclic amines) is 1. The number of rotatable bonds is 6. The van der Waals surface area contributed by atoms with Crippen molar-refractivity contribution in [3.63, 3.8) is 0 Å². The number of carbonyl (C=O) groups is 2. The molecule has 0 bridgehead atoms. The molecule has 2 atom stereocenters. The molecule has 23 heavy (non-hydrogen) atoms. The second-order valence-electron chi connectivity index (χ2n) is 6.83. The van der Waals surface area contributed by atoms with E-state index in [-0.39, 0.29) is 5.91 Å². The Balaban J connectivity index is 2.44. The summed E-state index contributed by atoms with van der Waals surface area (Å²) in [6.07, 6.45) is 2.51. The van der Waals surface area contributed by atoms with Crippen LogP contribution in [0.4, 0.5) is 4.79 Å². The zero-order valence-corrected chi connectivity index (χ0v) is 17.2. The smallest absolute Gasteiger partial charge is 0.408 e. The summed E-state index contributed by atoms with van der Waals surface area (Å²) in [6.45, 7) is 9.27. The fourth-order valence-corrected chi connectivity index (χ4v) is 3.27. The minimum absolute atomic E-state index is 0.0512. The van der Waals surface area contributed by atoms with Crippen molar-refractivity contribution in [3.05, 3.63) is 0 Å². The van der Waals surface area contributed by atoms with Crippen LogP contribution < -0.4 is 5.32 Å². The molecule has 2 unspecified atom stereocenters. The highest BCUT2D eigenvalue weighted by atomic mass is 127. The fraction of sp³-hybridized carbons (Fsp3) is 0.867. The normalized spacial score (nSPS) is 20.0. The summed E-state index contributed by atoms with van der Waals surface area (Å²) in [5.74, 6) is 0.412. The summed E-state index contributed by atoms with van der Waals surface area (Å²) in [5, 5.41) is 2.62. The van der Waals surface area contributed by atoms with Crippen molar-refractivity contribution >= 4 is 42.4 Å². The molecule has 0 aliphatic carbocycles. The molecular weight excluding hydrogens is 431 g/mol. The topological polar surface area (TPSA) is 67.9 Å². The molecule has 8 heteroatoms. The Morgan fingerprint density at radius 2 is 2.13 bits per heavy atom. The van der Waals surface area contributed by atoms with E-state index in [0.717, 1.165) is 32.4 Å². The maximum Gasteiger partial charge on any atom is 0.408 e. The Bertz CT molecular complexity index is 403. The van der Waals surface area contributed by atoms with E-state index in [0.29, 0.717) is 12.5 Å². The van der Waals surface area contributed by atoms with Crippen LogP contribution >= 0.6 is 30.4 Å². The Kier molecular flexibility index (Phi) is 8.99. The van der Waals surface area contributed by atoms with Crippen LogP contribution in [0.3, 0.4) is 0 Å². The summed E-state index contributed by atoms with van der Waals surface area (Å²) in [4.78, 5) is 26.1. The molecule has 0 saturated carbocycles. The van der Waals surface area contributed by atoms with Crippen LogP contribution in [0.1, 0.15) is 47.0 Å². The van der Waals surface area contributed by atoms with Gasteiger partial charge in [0.05, 0.1) is 15.8 Å². The molecule has 1 aliphatic rings. The van der Waals surface area contributed by atoms with Gasteiger partial charge in [-0.15, -0.1) is 0 Å². The first-order chi connectivity index (χ1) is 10.7. The summed E-state index contributed by atoms with van der Waals surface area (Å²) in [7, 11) is 1.34. The van der Waals surface area contributed by atoms with Crippen molar-refractivity contribution in [2.45, 2.75) is 58.6 Å². The van der Waals surface area contributed by atoms with Gasteiger partial charge in [0.25, 0.3) is 0 Å². The number of nitrogens with zero attached hydrogens (tertiary/aromatic N) is 1. The highest BCUT2D eigenvalue weighted by molar-refractivity contribution is 14.2. The van der Waals surface area contributed by atoms with Crippen LogP contribution in [0.2, 0.25) is 0 Å². The van der Waals surface area contributed by atoms with Gasteiger partial charge >= 0.3 is 6.09 Å². The van der Waals surface area contributed by atoms with Gasteiger partial charge in [-0.3, -0.25) is 4.79 Å². The maximum absolute atomic E-state index is 12.5. The number of halogens is 1. The SMILES string of the molecule is CC(NC(=O)OC(C)(C)C)C(=O)N1CCCC(CCOSI)C1. The second kappa shape index (κ2) is 9.93. The summed E-state index contributed by atoms with van der Waals surface area (Å²) >= 11 is 2.10. The standard InChI is InChI=1S/C15H27IN2O4S/c1-11(17-14(20)22-15(2,3)4)13(19)18-8-5-6-12(10-18)7-9-21-23-16/h11-12H,5-10H2,1-4H3,(H,17,20). The average molecular weight is 458 g/mol. The van der Waals surface area contributed by atoms with E-state index in [4.69, 9.17) is 8.92 Å². The lowest BCUT2D eigenvalue weighted by Gasteiger charge is -2.34. The lowest BCUT2D eigenvalue weighted by atomic mass is 9.95. The minimum Gasteiger partial charge on any atom is -0.444 e. The van der Waals surface area contributed by atoms with Crippen LogP contribution in [0.5, 0.6) is 0 Å². The van der Waals surface area contributed by atoms with Crippen molar-refractivity contribution in [2.24, 2.45) is 5.92 Å². The highest BCUT2D eigenvalue weighted by Gasteiger charge is 2.28. The first-order valence-electron chi connectivity index (χ1n) is 7.91. The van der Waals surface area contributed by atoms with Crippen LogP contribution in [0, 0.1) is 5.92 Å². The first-order valence-corrected chi connectivity index (χ1v) is 11.2. The van der Waals surface area contributed by atoms with Gasteiger partial charge in [-0.05, 0) is 52.9 Å². The van der Waals surface area contributed by atoms with Crippen LogP contribution in [-0.2, 0) is 13.7 Å². The van der Waals surface area contributed by atoms with E-state index < -0.39 is 17.7 Å². The van der Waals surface area contributed by atoms with Crippen molar-refractivity contribution in [1.29, 1.82) is 0 Å². The lowest BCUT2D eigenvalue weighted by molar-refractivity contribution is -0.135. The molecule has 134 valence electrons. The molecule has 0 aromatic carbocycles. The zero-order valence-electron chi connectivity index (χ0n) is 14.3. The molecule has 1 saturated heterocycles. The first kappa shape index (κ1) is 20.8. The van der Waals surface area contributed by atoms with Gasteiger partial charge in [0.2, 0.25) is 5.91 Å². The molecule has 2 amide bonds. The third-order valence-electron chi connectivity index (χ3n) is 3.59. The van der Waals surface area contributed by atoms with E-state index in [2.05, 4.69) is 26.5 Å². The summed E-state index contributed by atoms with van der Waals surface area (Å²) < 4.78 is 10.5. The predicted molar refractivity (Wildman–Crippen MR) is 100 cm³/mol. The monoisotopic (exact) mass is 458 g/mol. The van der Waals surface area contributed by atoms with Gasteiger partial charge in [-0.25, -0.2) is 4.79 Å². The van der Waals surface area contributed by atoms with E-state index in [1.807, 2.05) is 4.90 Å². The van der Waals surface area contributed by atoms with Gasteiger partial charge in [0.15, 0.2) is 0 Å². The van der Waals surface area contributed by atoms with E-state index in [9.17, 15) is 9.59 Å². The zero-order chi connectivity index (χ0) is 17.5. The molecule has 0 spiro atoms. The lowest BCUT2D eigenvalue weighted by Crippen LogP contribution is -2.50. The fourth-order valence-electron chi connectivity index (χ4n) is 2.57.